The molecule has 0 aliphatic heterocycles. The Morgan fingerprint density at radius 3 is 2.14 bits per heavy atom. The Morgan fingerprint density at radius 2 is 1.46 bits per heavy atom. The van der Waals surface area contributed by atoms with Crippen LogP contribution in [0.15, 0.2) is 48.5 Å². The Labute approximate surface area is 162 Å². The van der Waals surface area contributed by atoms with Crippen molar-refractivity contribution in [1.29, 1.82) is 0 Å². The predicted octanol–water partition coefficient (Wildman–Crippen LogP) is 1.97. The SMILES string of the molecule is COc1ccccc1OCCC(=O)OCC(=O)NC(=O)c1ccccc1OC. The fourth-order valence-electron chi connectivity index (χ4n) is 2.26. The Balaban J connectivity index is 1.73. The highest BCUT2D eigenvalue weighted by molar-refractivity contribution is 6.06. The smallest absolute Gasteiger partial charge is 0.309 e. The lowest BCUT2D eigenvalue weighted by Crippen LogP contribution is -2.34. The van der Waals surface area contributed by atoms with Gasteiger partial charge in [-0.05, 0) is 24.3 Å². The van der Waals surface area contributed by atoms with E-state index in [1.54, 1.807) is 42.5 Å². The van der Waals surface area contributed by atoms with Crippen LogP contribution in [0.5, 0.6) is 17.2 Å². The summed E-state index contributed by atoms with van der Waals surface area (Å²) < 4.78 is 20.5. The van der Waals surface area contributed by atoms with E-state index >= 15 is 0 Å². The first-order valence-corrected chi connectivity index (χ1v) is 8.43. The summed E-state index contributed by atoms with van der Waals surface area (Å²) in [5.41, 5.74) is 0.204. The molecule has 0 bridgehead atoms. The van der Waals surface area contributed by atoms with Gasteiger partial charge in [0.15, 0.2) is 18.1 Å². The minimum Gasteiger partial charge on any atom is -0.496 e. The van der Waals surface area contributed by atoms with E-state index in [0.29, 0.717) is 17.2 Å². The summed E-state index contributed by atoms with van der Waals surface area (Å²) in [4.78, 5) is 35.6. The lowest BCUT2D eigenvalue weighted by Gasteiger charge is -2.10. The summed E-state index contributed by atoms with van der Waals surface area (Å²) in [6, 6.07) is 13.5. The van der Waals surface area contributed by atoms with Crippen molar-refractivity contribution in [2.45, 2.75) is 6.42 Å². The molecular formula is C20H21NO7. The largest absolute Gasteiger partial charge is 0.496 e. The number of hydrogen-bond acceptors (Lipinski definition) is 7. The molecule has 0 radical (unpaired) electrons. The van der Waals surface area contributed by atoms with E-state index in [2.05, 4.69) is 5.32 Å². The number of para-hydroxylation sites is 3. The first-order valence-electron chi connectivity index (χ1n) is 8.43. The molecule has 8 heteroatoms. The van der Waals surface area contributed by atoms with Gasteiger partial charge in [0.1, 0.15) is 5.75 Å². The lowest BCUT2D eigenvalue weighted by atomic mass is 10.2. The Kier molecular flexibility index (Phi) is 7.83. The monoisotopic (exact) mass is 387 g/mol. The van der Waals surface area contributed by atoms with Crippen molar-refractivity contribution in [2.24, 2.45) is 0 Å². The van der Waals surface area contributed by atoms with Gasteiger partial charge < -0.3 is 18.9 Å². The molecule has 0 saturated heterocycles. The van der Waals surface area contributed by atoms with Gasteiger partial charge in [0, 0.05) is 0 Å². The van der Waals surface area contributed by atoms with Gasteiger partial charge in [0.25, 0.3) is 11.8 Å². The average molecular weight is 387 g/mol. The maximum Gasteiger partial charge on any atom is 0.309 e. The fraction of sp³-hybridized carbons (Fsp3) is 0.250. The molecule has 0 aromatic heterocycles. The molecule has 0 aliphatic rings. The van der Waals surface area contributed by atoms with Crippen molar-refractivity contribution < 1.29 is 33.3 Å². The van der Waals surface area contributed by atoms with Gasteiger partial charge in [-0.25, -0.2) is 0 Å². The Bertz CT molecular complexity index is 835. The molecule has 0 atom stereocenters. The van der Waals surface area contributed by atoms with E-state index in [4.69, 9.17) is 18.9 Å². The number of hydrogen-bond donors (Lipinski definition) is 1. The predicted molar refractivity (Wildman–Crippen MR) is 99.5 cm³/mol. The number of rotatable bonds is 9. The molecule has 0 spiro atoms. The molecule has 0 aliphatic carbocycles. The summed E-state index contributed by atoms with van der Waals surface area (Å²) in [5.74, 6) is -0.635. The highest BCUT2D eigenvalue weighted by Gasteiger charge is 2.16. The van der Waals surface area contributed by atoms with Crippen molar-refractivity contribution in [1.82, 2.24) is 5.32 Å². The molecule has 0 heterocycles. The second kappa shape index (κ2) is 10.6. The summed E-state index contributed by atoms with van der Waals surface area (Å²) in [5, 5.41) is 2.14. The van der Waals surface area contributed by atoms with Crippen molar-refractivity contribution in [3.05, 3.63) is 54.1 Å². The van der Waals surface area contributed by atoms with Gasteiger partial charge in [-0.15, -0.1) is 0 Å². The van der Waals surface area contributed by atoms with Gasteiger partial charge in [0.2, 0.25) is 0 Å². The molecule has 2 aromatic carbocycles. The lowest BCUT2D eigenvalue weighted by molar-refractivity contribution is -0.148. The van der Waals surface area contributed by atoms with Gasteiger partial charge in [0.05, 0.1) is 32.8 Å². The molecule has 0 unspecified atom stereocenters. The maximum absolute atomic E-state index is 12.1. The van der Waals surface area contributed by atoms with Crippen molar-refractivity contribution >= 4 is 17.8 Å². The zero-order chi connectivity index (χ0) is 20.4. The number of carbonyl (C=O) groups is 3. The van der Waals surface area contributed by atoms with Gasteiger partial charge in [-0.3, -0.25) is 19.7 Å². The third kappa shape index (κ3) is 6.01. The third-order valence-electron chi connectivity index (χ3n) is 3.60. The molecule has 1 N–H and O–H groups in total. The minimum absolute atomic E-state index is 0.0565. The number of benzene rings is 2. The number of nitrogens with one attached hydrogen (secondary N) is 1. The Morgan fingerprint density at radius 1 is 0.857 bits per heavy atom. The van der Waals surface area contributed by atoms with Crippen molar-refractivity contribution in [3.8, 4) is 17.2 Å². The summed E-state index contributed by atoms with van der Waals surface area (Å²) in [6.45, 7) is -0.519. The molecular weight excluding hydrogens is 366 g/mol. The maximum atomic E-state index is 12.1. The van der Waals surface area contributed by atoms with Crippen LogP contribution in [0.1, 0.15) is 16.8 Å². The van der Waals surface area contributed by atoms with Crippen molar-refractivity contribution in [2.75, 3.05) is 27.4 Å². The molecule has 0 saturated carbocycles. The van der Waals surface area contributed by atoms with Gasteiger partial charge in [-0.1, -0.05) is 24.3 Å². The summed E-state index contributed by atoms with van der Waals surface area (Å²) >= 11 is 0. The van der Waals surface area contributed by atoms with Crippen LogP contribution in [0.4, 0.5) is 0 Å². The zero-order valence-corrected chi connectivity index (χ0v) is 15.6. The number of imide groups is 1. The van der Waals surface area contributed by atoms with E-state index < -0.39 is 24.4 Å². The van der Waals surface area contributed by atoms with Crippen LogP contribution in [0.25, 0.3) is 0 Å². The van der Waals surface area contributed by atoms with Crippen LogP contribution in [-0.2, 0) is 14.3 Å². The highest BCUT2D eigenvalue weighted by atomic mass is 16.5. The van der Waals surface area contributed by atoms with E-state index in [-0.39, 0.29) is 18.6 Å². The number of esters is 1. The zero-order valence-electron chi connectivity index (χ0n) is 15.6. The van der Waals surface area contributed by atoms with Gasteiger partial charge in [-0.2, -0.15) is 0 Å². The Hall–Kier alpha value is -3.55. The van der Waals surface area contributed by atoms with E-state index in [1.165, 1.54) is 20.3 Å². The number of amides is 2. The second-order valence-electron chi connectivity index (χ2n) is 5.49. The minimum atomic E-state index is -0.741. The number of methoxy groups -OCH3 is 2. The molecule has 148 valence electrons. The quantitative estimate of drug-likeness (QED) is 0.657. The molecule has 2 aromatic rings. The molecule has 0 fully saturated rings. The fourth-order valence-corrected chi connectivity index (χ4v) is 2.26. The standard InChI is InChI=1S/C20H21NO7/c1-25-15-8-4-3-7-14(15)20(24)21-18(22)13-28-19(23)11-12-27-17-10-6-5-9-16(17)26-2/h3-10H,11-13H2,1-2H3,(H,21,22,24). The molecule has 2 rings (SSSR count). The molecule has 28 heavy (non-hydrogen) atoms. The second-order valence-corrected chi connectivity index (χ2v) is 5.49. The van der Waals surface area contributed by atoms with Crippen LogP contribution >= 0.6 is 0 Å². The normalized spacial score (nSPS) is 9.93. The van der Waals surface area contributed by atoms with Crippen LogP contribution in [0.2, 0.25) is 0 Å². The van der Waals surface area contributed by atoms with E-state index in [0.717, 1.165) is 0 Å². The van der Waals surface area contributed by atoms with Crippen molar-refractivity contribution in [3.63, 3.8) is 0 Å². The first-order chi connectivity index (χ1) is 13.5. The third-order valence-corrected chi connectivity index (χ3v) is 3.60. The summed E-state index contributed by atoms with van der Waals surface area (Å²) in [7, 11) is 2.93. The van der Waals surface area contributed by atoms with E-state index in [1.807, 2.05) is 0 Å². The first kappa shape index (κ1) is 20.8. The van der Waals surface area contributed by atoms with Crippen LogP contribution in [0, 0.1) is 0 Å². The number of carbonyl (C=O) groups excluding carboxylic acids is 3. The van der Waals surface area contributed by atoms with Crippen LogP contribution < -0.4 is 19.5 Å². The highest BCUT2D eigenvalue weighted by Crippen LogP contribution is 2.25. The van der Waals surface area contributed by atoms with Crippen LogP contribution in [0.3, 0.4) is 0 Å². The van der Waals surface area contributed by atoms with Crippen LogP contribution in [-0.4, -0.2) is 45.2 Å². The molecule has 8 nitrogen and oxygen atoms in total. The molecule has 2 amide bonds. The summed E-state index contributed by atoms with van der Waals surface area (Å²) in [6.07, 6.45) is -0.0637. The number of ether oxygens (including phenoxy) is 4. The van der Waals surface area contributed by atoms with E-state index in [9.17, 15) is 14.4 Å². The van der Waals surface area contributed by atoms with Gasteiger partial charge >= 0.3 is 5.97 Å². The average Bonchev–Trinajstić information content (AvgIpc) is 2.72. The topological polar surface area (TPSA) is 100 Å².